The molecule has 1 aliphatic heterocycles. The van der Waals surface area contributed by atoms with Crippen LogP contribution in [-0.2, 0) is 6.18 Å². The van der Waals surface area contributed by atoms with E-state index < -0.39 is 28.8 Å². The molecule has 2 aromatic carbocycles. The lowest BCUT2D eigenvalue weighted by molar-refractivity contribution is -0.137. The molecule has 33 heavy (non-hydrogen) atoms. The minimum atomic E-state index is -4.62. The standard InChI is InChI=1S/C23H21F3N4O3/c1-15-13-20(32)21(27-30(15)19-8-3-2-7-18(19)23(24,25)26)22(33)29-11-9-28(10-12-29)16-5-4-6-17(31)14-16/h2-8,13-14,31H,9-12H2,1H3. The molecule has 7 nitrogen and oxygen atoms in total. The van der Waals surface area contributed by atoms with E-state index in [-0.39, 0.29) is 17.1 Å². The van der Waals surface area contributed by atoms with Crippen molar-refractivity contribution in [1.29, 1.82) is 0 Å². The van der Waals surface area contributed by atoms with Crippen molar-refractivity contribution in [2.75, 3.05) is 31.1 Å². The van der Waals surface area contributed by atoms with E-state index in [4.69, 9.17) is 0 Å². The second-order valence-corrected chi connectivity index (χ2v) is 7.72. The van der Waals surface area contributed by atoms with Crippen LogP contribution in [0.5, 0.6) is 5.75 Å². The van der Waals surface area contributed by atoms with Crippen LogP contribution in [-0.4, -0.2) is 51.9 Å². The molecule has 0 radical (unpaired) electrons. The number of phenolic OH excluding ortho intramolecular Hbond substituents is 1. The van der Waals surface area contributed by atoms with E-state index in [1.54, 1.807) is 18.2 Å². The Morgan fingerprint density at radius 1 is 1.00 bits per heavy atom. The maximum Gasteiger partial charge on any atom is 0.418 e. The smallest absolute Gasteiger partial charge is 0.418 e. The van der Waals surface area contributed by atoms with Gasteiger partial charge in [0.05, 0.1) is 11.3 Å². The number of hydrogen-bond acceptors (Lipinski definition) is 5. The van der Waals surface area contributed by atoms with Gasteiger partial charge in [-0.1, -0.05) is 18.2 Å². The Kier molecular flexibility index (Phi) is 5.84. The van der Waals surface area contributed by atoms with Gasteiger partial charge in [-0.05, 0) is 31.2 Å². The molecule has 1 fully saturated rings. The molecule has 1 aromatic heterocycles. The molecule has 0 saturated carbocycles. The van der Waals surface area contributed by atoms with Crippen molar-refractivity contribution in [3.63, 3.8) is 0 Å². The number of amides is 1. The fourth-order valence-corrected chi connectivity index (χ4v) is 3.84. The van der Waals surface area contributed by atoms with Crippen molar-refractivity contribution in [3.05, 3.63) is 81.8 Å². The van der Waals surface area contributed by atoms with Gasteiger partial charge in [0.15, 0.2) is 5.69 Å². The summed E-state index contributed by atoms with van der Waals surface area (Å²) in [6.45, 7) is 2.98. The van der Waals surface area contributed by atoms with Crippen molar-refractivity contribution in [2.45, 2.75) is 13.1 Å². The quantitative estimate of drug-likeness (QED) is 0.652. The van der Waals surface area contributed by atoms with Crippen LogP contribution in [0.3, 0.4) is 0 Å². The fourth-order valence-electron chi connectivity index (χ4n) is 3.84. The van der Waals surface area contributed by atoms with Crippen LogP contribution < -0.4 is 10.3 Å². The van der Waals surface area contributed by atoms with E-state index in [0.717, 1.165) is 22.5 Å². The number of phenols is 1. The number of nitrogens with zero attached hydrogens (tertiary/aromatic N) is 4. The lowest BCUT2D eigenvalue weighted by atomic mass is 10.1. The number of benzene rings is 2. The molecule has 4 rings (SSSR count). The first-order valence-corrected chi connectivity index (χ1v) is 10.3. The number of carbonyl (C=O) groups is 1. The number of hydrogen-bond donors (Lipinski definition) is 1. The van der Waals surface area contributed by atoms with Gasteiger partial charge in [-0.3, -0.25) is 9.59 Å². The average molecular weight is 458 g/mol. The second-order valence-electron chi connectivity index (χ2n) is 7.72. The molecule has 0 aliphatic carbocycles. The van der Waals surface area contributed by atoms with E-state index in [1.807, 2.05) is 11.0 Å². The van der Waals surface area contributed by atoms with Crippen molar-refractivity contribution in [3.8, 4) is 11.4 Å². The Bertz CT molecular complexity index is 1250. The van der Waals surface area contributed by atoms with E-state index in [2.05, 4.69) is 5.10 Å². The first-order chi connectivity index (χ1) is 15.6. The van der Waals surface area contributed by atoms with Gasteiger partial charge in [0, 0.05) is 49.7 Å². The number of alkyl halides is 3. The summed E-state index contributed by atoms with van der Waals surface area (Å²) in [7, 11) is 0. The molecule has 1 saturated heterocycles. The number of aromatic nitrogens is 2. The van der Waals surface area contributed by atoms with Crippen LogP contribution in [0.15, 0.2) is 59.4 Å². The van der Waals surface area contributed by atoms with Gasteiger partial charge in [0.25, 0.3) is 5.91 Å². The predicted octanol–water partition coefficient (Wildman–Crippen LogP) is 3.23. The summed E-state index contributed by atoms with van der Waals surface area (Å²) in [5.41, 5.74) is -1.26. The van der Waals surface area contributed by atoms with Crippen molar-refractivity contribution in [2.24, 2.45) is 0 Å². The molecule has 0 spiro atoms. The zero-order chi connectivity index (χ0) is 23.8. The van der Waals surface area contributed by atoms with Crippen molar-refractivity contribution in [1.82, 2.24) is 14.7 Å². The van der Waals surface area contributed by atoms with Gasteiger partial charge in [0.1, 0.15) is 5.75 Å². The Morgan fingerprint density at radius 2 is 1.70 bits per heavy atom. The summed E-state index contributed by atoms with van der Waals surface area (Å²) in [5, 5.41) is 13.7. The Balaban J connectivity index is 1.61. The second kappa shape index (κ2) is 8.61. The zero-order valence-corrected chi connectivity index (χ0v) is 17.7. The zero-order valence-electron chi connectivity index (χ0n) is 17.7. The monoisotopic (exact) mass is 458 g/mol. The summed E-state index contributed by atoms with van der Waals surface area (Å²) in [6.07, 6.45) is -4.62. The van der Waals surface area contributed by atoms with Crippen molar-refractivity contribution < 1.29 is 23.1 Å². The molecule has 0 bridgehead atoms. The van der Waals surface area contributed by atoms with E-state index >= 15 is 0 Å². The number of halogens is 3. The SMILES string of the molecule is Cc1cc(=O)c(C(=O)N2CCN(c3cccc(O)c3)CC2)nn1-c1ccccc1C(F)(F)F. The minimum Gasteiger partial charge on any atom is -0.508 e. The predicted molar refractivity (Wildman–Crippen MR) is 116 cm³/mol. The van der Waals surface area contributed by atoms with Crippen LogP contribution in [0, 0.1) is 6.92 Å². The number of anilines is 1. The lowest BCUT2D eigenvalue weighted by Crippen LogP contribution is -2.50. The third-order valence-electron chi connectivity index (χ3n) is 5.51. The molecule has 1 aliphatic rings. The third kappa shape index (κ3) is 4.55. The highest BCUT2D eigenvalue weighted by molar-refractivity contribution is 5.92. The number of aromatic hydroxyl groups is 1. The maximum atomic E-state index is 13.5. The third-order valence-corrected chi connectivity index (χ3v) is 5.51. The van der Waals surface area contributed by atoms with E-state index in [9.17, 15) is 27.9 Å². The van der Waals surface area contributed by atoms with Gasteiger partial charge < -0.3 is 14.9 Å². The van der Waals surface area contributed by atoms with Gasteiger partial charge in [0.2, 0.25) is 5.43 Å². The van der Waals surface area contributed by atoms with Crippen molar-refractivity contribution >= 4 is 11.6 Å². The molecule has 0 unspecified atom stereocenters. The fraction of sp³-hybridized carbons (Fsp3) is 0.261. The number of para-hydroxylation sites is 1. The summed E-state index contributed by atoms with van der Waals surface area (Å²) < 4.78 is 41.5. The average Bonchev–Trinajstić information content (AvgIpc) is 2.78. The largest absolute Gasteiger partial charge is 0.508 e. The van der Waals surface area contributed by atoms with Crippen LogP contribution in [0.4, 0.5) is 18.9 Å². The van der Waals surface area contributed by atoms with Gasteiger partial charge in [-0.25, -0.2) is 4.68 Å². The molecule has 2 heterocycles. The van der Waals surface area contributed by atoms with Crippen LogP contribution in [0.2, 0.25) is 0 Å². The normalized spacial score (nSPS) is 14.4. The highest BCUT2D eigenvalue weighted by Gasteiger charge is 2.34. The Labute approximate surface area is 187 Å². The first-order valence-electron chi connectivity index (χ1n) is 10.3. The molecule has 3 aromatic rings. The number of piperazine rings is 1. The van der Waals surface area contributed by atoms with Gasteiger partial charge in [-0.2, -0.15) is 18.3 Å². The molecular formula is C23H21F3N4O3. The van der Waals surface area contributed by atoms with Crippen LogP contribution in [0.25, 0.3) is 5.69 Å². The summed E-state index contributed by atoms with van der Waals surface area (Å²) in [4.78, 5) is 29.0. The Morgan fingerprint density at radius 3 is 2.36 bits per heavy atom. The Hall–Kier alpha value is -3.82. The van der Waals surface area contributed by atoms with E-state index in [0.29, 0.717) is 26.2 Å². The van der Waals surface area contributed by atoms with E-state index in [1.165, 1.54) is 30.0 Å². The number of rotatable bonds is 3. The summed E-state index contributed by atoms with van der Waals surface area (Å²) >= 11 is 0. The first kappa shape index (κ1) is 22.4. The maximum absolute atomic E-state index is 13.5. The molecule has 1 amide bonds. The van der Waals surface area contributed by atoms with Crippen LogP contribution >= 0.6 is 0 Å². The summed E-state index contributed by atoms with van der Waals surface area (Å²) in [6, 6.07) is 12.7. The van der Waals surface area contributed by atoms with Crippen LogP contribution in [0.1, 0.15) is 21.7 Å². The lowest BCUT2D eigenvalue weighted by Gasteiger charge is -2.36. The summed E-state index contributed by atoms with van der Waals surface area (Å²) in [5.74, 6) is -0.497. The molecule has 1 N–H and O–H groups in total. The topological polar surface area (TPSA) is 78.7 Å². The van der Waals surface area contributed by atoms with Gasteiger partial charge in [-0.15, -0.1) is 0 Å². The molecular weight excluding hydrogens is 437 g/mol. The molecule has 10 heteroatoms. The highest BCUT2D eigenvalue weighted by atomic mass is 19.4. The molecule has 172 valence electrons. The highest BCUT2D eigenvalue weighted by Crippen LogP contribution is 2.33. The number of carbonyl (C=O) groups excluding carboxylic acids is 1. The molecule has 0 atom stereocenters. The van der Waals surface area contributed by atoms with Gasteiger partial charge >= 0.3 is 6.18 Å². The number of aryl methyl sites for hydroxylation is 1. The minimum absolute atomic E-state index is 0.134.